The third kappa shape index (κ3) is 3.22. The number of piperazine rings is 1. The van der Waals surface area contributed by atoms with Crippen LogP contribution < -0.4 is 10.1 Å². The molecule has 0 unspecified atom stereocenters. The lowest BCUT2D eigenvalue weighted by molar-refractivity contribution is 0.180. The fraction of sp³-hybridized carbons (Fsp3) is 0.571. The van der Waals surface area contributed by atoms with Crippen LogP contribution in [0.2, 0.25) is 0 Å². The summed E-state index contributed by atoms with van der Waals surface area (Å²) in [6.45, 7) is 5.87. The molecule has 4 heteroatoms. The monoisotopic (exact) mass is 250 g/mol. The van der Waals surface area contributed by atoms with Gasteiger partial charge in [-0.15, -0.1) is 0 Å². The second-order valence-corrected chi connectivity index (χ2v) is 4.57. The Bertz CT molecular complexity index is 376. The molecule has 0 aromatic heterocycles. The van der Waals surface area contributed by atoms with Crippen LogP contribution in [0.4, 0.5) is 0 Å². The Balaban J connectivity index is 2.12. The normalized spacial score (nSPS) is 16.8. The minimum atomic E-state index is 0.596. The third-order valence-electron chi connectivity index (χ3n) is 3.29. The summed E-state index contributed by atoms with van der Waals surface area (Å²) < 4.78 is 10.8. The molecule has 0 atom stereocenters. The quantitative estimate of drug-likeness (QED) is 0.852. The van der Waals surface area contributed by atoms with E-state index in [-0.39, 0.29) is 0 Å². The highest BCUT2D eigenvalue weighted by Crippen LogP contribution is 2.25. The maximum Gasteiger partial charge on any atom is 0.128 e. The van der Waals surface area contributed by atoms with Gasteiger partial charge in [0.25, 0.3) is 0 Å². The van der Waals surface area contributed by atoms with Gasteiger partial charge < -0.3 is 14.8 Å². The Labute approximate surface area is 109 Å². The van der Waals surface area contributed by atoms with Gasteiger partial charge in [-0.2, -0.15) is 0 Å². The smallest absolute Gasteiger partial charge is 0.128 e. The van der Waals surface area contributed by atoms with E-state index in [4.69, 9.17) is 9.47 Å². The highest BCUT2D eigenvalue weighted by atomic mass is 16.5. The minimum absolute atomic E-state index is 0.596. The molecule has 18 heavy (non-hydrogen) atoms. The lowest BCUT2D eigenvalue weighted by atomic mass is 10.1. The van der Waals surface area contributed by atoms with Crippen molar-refractivity contribution in [2.45, 2.75) is 13.2 Å². The molecule has 1 aromatic rings. The van der Waals surface area contributed by atoms with Crippen molar-refractivity contribution in [3.05, 3.63) is 29.3 Å². The molecule has 100 valence electrons. The van der Waals surface area contributed by atoms with E-state index in [1.165, 1.54) is 5.56 Å². The van der Waals surface area contributed by atoms with Crippen molar-refractivity contribution in [1.29, 1.82) is 0 Å². The maximum atomic E-state index is 5.55. The molecule has 1 aromatic carbocycles. The molecule has 1 N–H and O–H groups in total. The summed E-state index contributed by atoms with van der Waals surface area (Å²) >= 11 is 0. The fourth-order valence-electron chi connectivity index (χ4n) is 2.40. The summed E-state index contributed by atoms with van der Waals surface area (Å²) in [5.74, 6) is 0.970. The van der Waals surface area contributed by atoms with Crippen molar-refractivity contribution >= 4 is 0 Å². The number of hydrogen-bond acceptors (Lipinski definition) is 4. The standard InChI is InChI=1S/C14H22N2O2/c1-17-11-13-5-3-4-12(14(13)18-2)10-16-8-6-15-7-9-16/h3-5,15H,6-11H2,1-2H3. The number of methoxy groups -OCH3 is 2. The van der Waals surface area contributed by atoms with E-state index >= 15 is 0 Å². The van der Waals surface area contributed by atoms with Crippen molar-refractivity contribution in [1.82, 2.24) is 10.2 Å². The molecule has 4 nitrogen and oxygen atoms in total. The highest BCUT2D eigenvalue weighted by Gasteiger charge is 2.14. The molecule has 1 fully saturated rings. The van der Waals surface area contributed by atoms with E-state index in [1.807, 2.05) is 0 Å². The summed E-state index contributed by atoms with van der Waals surface area (Å²) in [4.78, 5) is 2.45. The van der Waals surface area contributed by atoms with Gasteiger partial charge >= 0.3 is 0 Å². The van der Waals surface area contributed by atoms with Gasteiger partial charge in [0.2, 0.25) is 0 Å². The summed E-state index contributed by atoms with van der Waals surface area (Å²) in [7, 11) is 3.44. The SMILES string of the molecule is COCc1cccc(CN2CCNCC2)c1OC. The summed E-state index contributed by atoms with van der Waals surface area (Å²) in [5.41, 5.74) is 2.36. The van der Waals surface area contributed by atoms with Gasteiger partial charge in [-0.25, -0.2) is 0 Å². The number of nitrogens with one attached hydrogen (secondary N) is 1. The Kier molecular flexibility index (Phi) is 4.99. The van der Waals surface area contributed by atoms with Gasteiger partial charge in [-0.3, -0.25) is 4.90 Å². The molecular formula is C14H22N2O2. The molecule has 0 saturated carbocycles. The zero-order valence-electron chi connectivity index (χ0n) is 11.2. The van der Waals surface area contributed by atoms with Gasteiger partial charge in [0.1, 0.15) is 5.75 Å². The van der Waals surface area contributed by atoms with Crippen molar-refractivity contribution < 1.29 is 9.47 Å². The summed E-state index contributed by atoms with van der Waals surface area (Å²) in [5, 5.41) is 3.37. The van der Waals surface area contributed by atoms with Crippen LogP contribution >= 0.6 is 0 Å². The zero-order chi connectivity index (χ0) is 12.8. The molecular weight excluding hydrogens is 228 g/mol. The lowest BCUT2D eigenvalue weighted by Crippen LogP contribution is -2.42. The first kappa shape index (κ1) is 13.3. The van der Waals surface area contributed by atoms with Crippen molar-refractivity contribution in [2.24, 2.45) is 0 Å². The van der Waals surface area contributed by atoms with Crippen LogP contribution in [0.25, 0.3) is 0 Å². The minimum Gasteiger partial charge on any atom is -0.496 e. The predicted molar refractivity (Wildman–Crippen MR) is 71.9 cm³/mol. The van der Waals surface area contributed by atoms with Gasteiger partial charge in [-0.1, -0.05) is 18.2 Å². The maximum absolute atomic E-state index is 5.55. The van der Waals surface area contributed by atoms with Crippen molar-refractivity contribution in [2.75, 3.05) is 40.4 Å². The van der Waals surface area contributed by atoms with Crippen LogP contribution in [0.5, 0.6) is 5.75 Å². The average molecular weight is 250 g/mol. The molecule has 1 aliphatic heterocycles. The molecule has 0 bridgehead atoms. The van der Waals surface area contributed by atoms with E-state index in [0.717, 1.165) is 44.0 Å². The largest absolute Gasteiger partial charge is 0.496 e. The number of nitrogens with zero attached hydrogens (tertiary/aromatic N) is 1. The second-order valence-electron chi connectivity index (χ2n) is 4.57. The highest BCUT2D eigenvalue weighted by molar-refractivity contribution is 5.41. The number of rotatable bonds is 5. The van der Waals surface area contributed by atoms with E-state index in [2.05, 4.69) is 28.4 Å². The first-order chi connectivity index (χ1) is 8.85. The topological polar surface area (TPSA) is 33.7 Å². The predicted octanol–water partition coefficient (Wildman–Crippen LogP) is 1.25. The van der Waals surface area contributed by atoms with E-state index in [0.29, 0.717) is 6.61 Å². The van der Waals surface area contributed by atoms with E-state index < -0.39 is 0 Å². The second kappa shape index (κ2) is 6.73. The Morgan fingerprint density at radius 3 is 2.56 bits per heavy atom. The molecule has 1 saturated heterocycles. The van der Waals surface area contributed by atoms with Crippen LogP contribution in [0.1, 0.15) is 11.1 Å². The number of hydrogen-bond donors (Lipinski definition) is 1. The number of benzene rings is 1. The molecule has 0 amide bonds. The number of ether oxygens (including phenoxy) is 2. The molecule has 1 aliphatic rings. The van der Waals surface area contributed by atoms with Crippen LogP contribution in [0, 0.1) is 0 Å². The molecule has 0 spiro atoms. The Morgan fingerprint density at radius 2 is 1.89 bits per heavy atom. The average Bonchev–Trinajstić information content (AvgIpc) is 2.41. The molecule has 2 rings (SSSR count). The van der Waals surface area contributed by atoms with Crippen LogP contribution in [0.15, 0.2) is 18.2 Å². The first-order valence-corrected chi connectivity index (χ1v) is 6.42. The van der Waals surface area contributed by atoms with Gasteiger partial charge in [0.15, 0.2) is 0 Å². The van der Waals surface area contributed by atoms with E-state index in [1.54, 1.807) is 14.2 Å². The van der Waals surface area contributed by atoms with Gasteiger partial charge in [0, 0.05) is 51.0 Å². The van der Waals surface area contributed by atoms with Gasteiger partial charge in [-0.05, 0) is 0 Å². The van der Waals surface area contributed by atoms with Gasteiger partial charge in [0.05, 0.1) is 13.7 Å². The van der Waals surface area contributed by atoms with Crippen molar-refractivity contribution in [3.63, 3.8) is 0 Å². The lowest BCUT2D eigenvalue weighted by Gasteiger charge is -2.28. The first-order valence-electron chi connectivity index (χ1n) is 6.42. The molecule has 0 radical (unpaired) electrons. The Morgan fingerprint density at radius 1 is 1.17 bits per heavy atom. The summed E-state index contributed by atoms with van der Waals surface area (Å²) in [6.07, 6.45) is 0. The molecule has 1 heterocycles. The zero-order valence-corrected chi connectivity index (χ0v) is 11.2. The Hall–Kier alpha value is -1.10. The van der Waals surface area contributed by atoms with Crippen LogP contribution in [-0.2, 0) is 17.9 Å². The number of para-hydroxylation sites is 1. The van der Waals surface area contributed by atoms with E-state index in [9.17, 15) is 0 Å². The molecule has 0 aliphatic carbocycles. The fourth-order valence-corrected chi connectivity index (χ4v) is 2.40. The van der Waals surface area contributed by atoms with Crippen molar-refractivity contribution in [3.8, 4) is 5.75 Å². The summed E-state index contributed by atoms with van der Waals surface area (Å²) in [6, 6.07) is 6.28. The van der Waals surface area contributed by atoms with Crippen LogP contribution in [0.3, 0.4) is 0 Å². The van der Waals surface area contributed by atoms with Crippen LogP contribution in [-0.4, -0.2) is 45.3 Å². The third-order valence-corrected chi connectivity index (χ3v) is 3.29.